The van der Waals surface area contributed by atoms with Crippen molar-refractivity contribution in [1.82, 2.24) is 0 Å². The molecule has 0 atom stereocenters. The predicted molar refractivity (Wildman–Crippen MR) is 271 cm³/mol. The molecule has 300 valence electrons. The molecule has 0 saturated carbocycles. The summed E-state index contributed by atoms with van der Waals surface area (Å²) in [6.07, 6.45) is 0. The van der Waals surface area contributed by atoms with Gasteiger partial charge in [-0.1, -0.05) is 200 Å². The fraction of sp³-hybridized carbons (Fsp3) is 0. The molecular weight excluding hydrogens is 775 g/mol. The number of anilines is 3. The Morgan fingerprint density at radius 1 is 0.266 bits per heavy atom. The van der Waals surface area contributed by atoms with E-state index in [0.717, 1.165) is 61.3 Å². The second kappa shape index (κ2) is 15.8. The van der Waals surface area contributed by atoms with Gasteiger partial charge in [-0.05, 0) is 120 Å². The van der Waals surface area contributed by atoms with E-state index >= 15 is 0 Å². The molecule has 12 rings (SSSR count). The van der Waals surface area contributed by atoms with E-state index < -0.39 is 0 Å². The van der Waals surface area contributed by atoms with E-state index in [9.17, 15) is 0 Å². The molecular formula is C62H41NO. The van der Waals surface area contributed by atoms with Gasteiger partial charge in [-0.2, -0.15) is 0 Å². The molecule has 1 heterocycles. The largest absolute Gasteiger partial charge is 0.455 e. The summed E-state index contributed by atoms with van der Waals surface area (Å²) in [5.74, 6) is 0. The van der Waals surface area contributed by atoms with Crippen molar-refractivity contribution in [2.45, 2.75) is 0 Å². The van der Waals surface area contributed by atoms with Crippen LogP contribution in [0.4, 0.5) is 17.1 Å². The highest BCUT2D eigenvalue weighted by Crippen LogP contribution is 2.43. The summed E-state index contributed by atoms with van der Waals surface area (Å²) in [6.45, 7) is 0. The number of rotatable bonds is 8. The summed E-state index contributed by atoms with van der Waals surface area (Å²) in [6, 6.07) is 89.6. The van der Waals surface area contributed by atoms with Gasteiger partial charge in [-0.25, -0.2) is 0 Å². The summed E-state index contributed by atoms with van der Waals surface area (Å²) in [5, 5.41) is 7.21. The van der Waals surface area contributed by atoms with Crippen molar-refractivity contribution in [1.29, 1.82) is 0 Å². The first-order chi connectivity index (χ1) is 31.7. The van der Waals surface area contributed by atoms with Crippen molar-refractivity contribution < 1.29 is 4.42 Å². The standard InChI is InChI=1S/C62H41NO/c1-3-13-44(14-4-1)57-23-12-24-58-59-41-49(32-40-60(59)64-62(57)58)42-25-33-50(34-26-42)63(51-35-27-46(28-36-51)54-22-11-19-43-15-7-9-20-53(43)54)52-37-29-47(30-38-52)56-39-31-45-16-8-10-21-55(45)61(56)48-17-5-2-6-18-48/h1-41H. The van der Waals surface area contributed by atoms with Gasteiger partial charge in [-0.15, -0.1) is 0 Å². The van der Waals surface area contributed by atoms with Crippen LogP contribution in [-0.2, 0) is 0 Å². The molecule has 0 aliphatic rings. The van der Waals surface area contributed by atoms with Crippen LogP contribution in [0.25, 0.3) is 99.1 Å². The van der Waals surface area contributed by atoms with E-state index in [0.29, 0.717) is 0 Å². The van der Waals surface area contributed by atoms with Crippen molar-refractivity contribution in [2.24, 2.45) is 0 Å². The predicted octanol–water partition coefficient (Wildman–Crippen LogP) is 17.7. The average Bonchev–Trinajstić information content (AvgIpc) is 3.75. The molecule has 2 heteroatoms. The second-order valence-corrected chi connectivity index (χ2v) is 16.4. The van der Waals surface area contributed by atoms with Gasteiger partial charge in [0.2, 0.25) is 0 Å². The van der Waals surface area contributed by atoms with Crippen LogP contribution in [0.5, 0.6) is 0 Å². The molecule has 0 bridgehead atoms. The summed E-state index contributed by atoms with van der Waals surface area (Å²) in [4.78, 5) is 2.36. The molecule has 0 unspecified atom stereocenters. The highest BCUT2D eigenvalue weighted by atomic mass is 16.3. The number of benzene rings is 11. The first-order valence-electron chi connectivity index (χ1n) is 21.9. The zero-order chi connectivity index (χ0) is 42.4. The highest BCUT2D eigenvalue weighted by Gasteiger charge is 2.18. The van der Waals surface area contributed by atoms with Crippen molar-refractivity contribution >= 4 is 60.5 Å². The van der Waals surface area contributed by atoms with Gasteiger partial charge in [0.1, 0.15) is 11.2 Å². The van der Waals surface area contributed by atoms with E-state index in [1.165, 1.54) is 54.9 Å². The quantitative estimate of drug-likeness (QED) is 0.152. The molecule has 64 heavy (non-hydrogen) atoms. The lowest BCUT2D eigenvalue weighted by Gasteiger charge is -2.26. The number of para-hydroxylation sites is 1. The van der Waals surface area contributed by atoms with Gasteiger partial charge in [0.25, 0.3) is 0 Å². The van der Waals surface area contributed by atoms with Crippen molar-refractivity contribution in [3.63, 3.8) is 0 Å². The van der Waals surface area contributed by atoms with Crippen molar-refractivity contribution in [3.8, 4) is 55.6 Å². The molecule has 0 spiro atoms. The molecule has 0 fully saturated rings. The molecule has 2 nitrogen and oxygen atoms in total. The normalized spacial score (nSPS) is 11.4. The number of nitrogens with zero attached hydrogens (tertiary/aromatic N) is 1. The van der Waals surface area contributed by atoms with Gasteiger partial charge in [0.05, 0.1) is 0 Å². The third kappa shape index (κ3) is 6.61. The molecule has 0 amide bonds. The number of fused-ring (bicyclic) bond motifs is 5. The Labute approximate surface area is 372 Å². The maximum Gasteiger partial charge on any atom is 0.143 e. The highest BCUT2D eigenvalue weighted by molar-refractivity contribution is 6.11. The van der Waals surface area contributed by atoms with Gasteiger partial charge in [-0.3, -0.25) is 0 Å². The Balaban J connectivity index is 0.938. The average molecular weight is 816 g/mol. The molecule has 1 aromatic heterocycles. The second-order valence-electron chi connectivity index (χ2n) is 16.4. The molecule has 0 aliphatic carbocycles. The minimum absolute atomic E-state index is 0.889. The molecule has 0 radical (unpaired) electrons. The maximum atomic E-state index is 6.51. The van der Waals surface area contributed by atoms with Crippen molar-refractivity contribution in [2.75, 3.05) is 4.90 Å². The van der Waals surface area contributed by atoms with Crippen LogP contribution >= 0.6 is 0 Å². The van der Waals surface area contributed by atoms with Gasteiger partial charge >= 0.3 is 0 Å². The van der Waals surface area contributed by atoms with Gasteiger partial charge < -0.3 is 9.32 Å². The van der Waals surface area contributed by atoms with Gasteiger partial charge in [0.15, 0.2) is 0 Å². The number of hydrogen-bond acceptors (Lipinski definition) is 2. The summed E-state index contributed by atoms with van der Waals surface area (Å²) in [7, 11) is 0. The smallest absolute Gasteiger partial charge is 0.143 e. The van der Waals surface area contributed by atoms with E-state index in [1.54, 1.807) is 0 Å². The molecule has 0 saturated heterocycles. The lowest BCUT2D eigenvalue weighted by molar-refractivity contribution is 0.670. The first-order valence-corrected chi connectivity index (χ1v) is 21.9. The third-order valence-corrected chi connectivity index (χ3v) is 12.7. The first kappa shape index (κ1) is 37.3. The Hall–Kier alpha value is -8.46. The summed E-state index contributed by atoms with van der Waals surface area (Å²) < 4.78 is 6.51. The maximum absolute atomic E-state index is 6.51. The minimum atomic E-state index is 0.889. The topological polar surface area (TPSA) is 16.4 Å². The Bertz CT molecular complexity index is 3620. The lowest BCUT2D eigenvalue weighted by atomic mass is 9.90. The monoisotopic (exact) mass is 815 g/mol. The summed E-state index contributed by atoms with van der Waals surface area (Å²) >= 11 is 0. The SMILES string of the molecule is c1ccc(-c2c(-c3ccc(N(c4ccc(-c5ccc6oc7c(-c8ccccc8)cccc7c6c5)cc4)c4ccc(-c5cccc6ccccc56)cc4)cc3)ccc3ccccc23)cc1. The Morgan fingerprint density at radius 2 is 0.750 bits per heavy atom. The van der Waals surface area contributed by atoms with Crippen LogP contribution in [0.1, 0.15) is 0 Å². The molecule has 0 N–H and O–H groups in total. The van der Waals surface area contributed by atoms with Crippen LogP contribution in [0, 0.1) is 0 Å². The number of furan rings is 1. The van der Waals surface area contributed by atoms with Crippen LogP contribution < -0.4 is 4.90 Å². The third-order valence-electron chi connectivity index (χ3n) is 12.7. The summed E-state index contributed by atoms with van der Waals surface area (Å²) in [5.41, 5.74) is 16.9. The molecule has 0 aliphatic heterocycles. The molecule has 12 aromatic rings. The van der Waals surface area contributed by atoms with Crippen molar-refractivity contribution in [3.05, 3.63) is 249 Å². The van der Waals surface area contributed by atoms with Crippen LogP contribution in [-0.4, -0.2) is 0 Å². The number of hydrogen-bond donors (Lipinski definition) is 0. The zero-order valence-electron chi connectivity index (χ0n) is 35.0. The zero-order valence-corrected chi connectivity index (χ0v) is 35.0. The van der Waals surface area contributed by atoms with Gasteiger partial charge in [0, 0.05) is 33.4 Å². The fourth-order valence-electron chi connectivity index (χ4n) is 9.56. The van der Waals surface area contributed by atoms with E-state index in [2.05, 4.69) is 248 Å². The van der Waals surface area contributed by atoms with Crippen LogP contribution in [0.2, 0.25) is 0 Å². The fourth-order valence-corrected chi connectivity index (χ4v) is 9.56. The van der Waals surface area contributed by atoms with E-state index in [4.69, 9.17) is 4.42 Å². The Morgan fingerprint density at radius 3 is 1.44 bits per heavy atom. The molecule has 11 aromatic carbocycles. The minimum Gasteiger partial charge on any atom is -0.455 e. The van der Waals surface area contributed by atoms with Crippen LogP contribution in [0.3, 0.4) is 0 Å². The van der Waals surface area contributed by atoms with Crippen LogP contribution in [0.15, 0.2) is 253 Å². The van der Waals surface area contributed by atoms with E-state index in [-0.39, 0.29) is 0 Å². The van der Waals surface area contributed by atoms with E-state index in [1.807, 2.05) is 6.07 Å². The lowest BCUT2D eigenvalue weighted by Crippen LogP contribution is -2.09. The Kier molecular flexibility index (Phi) is 9.20.